The van der Waals surface area contributed by atoms with Crippen molar-refractivity contribution in [3.8, 4) is 0 Å². The average Bonchev–Trinajstić information content (AvgIpc) is 2.28. The van der Waals surface area contributed by atoms with Crippen molar-refractivity contribution in [1.29, 1.82) is 0 Å². The van der Waals surface area contributed by atoms with E-state index in [0.717, 1.165) is 17.0 Å². The zero-order chi connectivity index (χ0) is 12.8. The van der Waals surface area contributed by atoms with Crippen molar-refractivity contribution >= 4 is 34.8 Å². The maximum Gasteiger partial charge on any atom is 0.0451 e. The molecule has 1 aromatic rings. The van der Waals surface area contributed by atoms with Crippen molar-refractivity contribution in [2.45, 2.75) is 32.9 Å². The van der Waals surface area contributed by atoms with Gasteiger partial charge in [0.05, 0.1) is 0 Å². The molecule has 0 aromatic heterocycles. The van der Waals surface area contributed by atoms with E-state index in [-0.39, 0.29) is 0 Å². The quantitative estimate of drug-likeness (QED) is 0.748. The van der Waals surface area contributed by atoms with Gasteiger partial charge in [-0.25, -0.2) is 0 Å². The van der Waals surface area contributed by atoms with Gasteiger partial charge in [-0.2, -0.15) is 0 Å². The van der Waals surface area contributed by atoms with E-state index < -0.39 is 0 Å². The largest absolute Gasteiger partial charge is 0.309 e. The summed E-state index contributed by atoms with van der Waals surface area (Å²) < 4.78 is 0. The molecular formula is C13H18Cl3N. The number of benzene rings is 1. The summed E-state index contributed by atoms with van der Waals surface area (Å²) in [4.78, 5) is 0. The number of rotatable bonds is 6. The second kappa shape index (κ2) is 7.48. The van der Waals surface area contributed by atoms with E-state index in [2.05, 4.69) is 19.2 Å². The molecule has 0 spiro atoms. The minimum atomic E-state index is 0.312. The van der Waals surface area contributed by atoms with Crippen LogP contribution in [-0.4, -0.2) is 11.9 Å². The minimum absolute atomic E-state index is 0.312. The van der Waals surface area contributed by atoms with E-state index in [0.29, 0.717) is 29.4 Å². The molecule has 0 amide bonds. The maximum absolute atomic E-state index is 6.10. The van der Waals surface area contributed by atoms with Crippen LogP contribution in [0.25, 0.3) is 0 Å². The van der Waals surface area contributed by atoms with Crippen LogP contribution in [0, 0.1) is 5.92 Å². The van der Waals surface area contributed by atoms with E-state index in [1.165, 1.54) is 0 Å². The summed E-state index contributed by atoms with van der Waals surface area (Å²) in [5.41, 5.74) is 1.01. The Kier molecular flexibility index (Phi) is 6.65. The fourth-order valence-corrected chi connectivity index (χ4v) is 2.32. The molecule has 1 atom stereocenters. The summed E-state index contributed by atoms with van der Waals surface area (Å²) in [7, 11) is 0. The predicted octanol–water partition coefficient (Wildman–Crippen LogP) is 4.74. The summed E-state index contributed by atoms with van der Waals surface area (Å²) in [5.74, 6) is 1.23. The summed E-state index contributed by atoms with van der Waals surface area (Å²) in [6, 6.07) is 5.81. The molecule has 1 unspecified atom stereocenters. The van der Waals surface area contributed by atoms with Crippen LogP contribution in [0.3, 0.4) is 0 Å². The third-order valence-corrected chi connectivity index (χ3v) is 3.51. The van der Waals surface area contributed by atoms with Crippen LogP contribution in [0.15, 0.2) is 18.2 Å². The first-order valence-electron chi connectivity index (χ1n) is 5.76. The molecule has 0 heterocycles. The lowest BCUT2D eigenvalue weighted by Crippen LogP contribution is -2.31. The first kappa shape index (κ1) is 15.1. The molecular weight excluding hydrogens is 277 g/mol. The van der Waals surface area contributed by atoms with Crippen LogP contribution < -0.4 is 5.32 Å². The molecule has 1 nitrogen and oxygen atoms in total. The summed E-state index contributed by atoms with van der Waals surface area (Å²) >= 11 is 18.0. The lowest BCUT2D eigenvalue weighted by molar-refractivity contribution is 0.445. The molecule has 1 N–H and O–H groups in total. The Bertz CT molecular complexity index is 353. The molecule has 0 saturated carbocycles. The highest BCUT2D eigenvalue weighted by Gasteiger charge is 2.10. The van der Waals surface area contributed by atoms with Crippen LogP contribution in [0.1, 0.15) is 25.8 Å². The molecule has 0 aliphatic carbocycles. The molecule has 1 rings (SSSR count). The Labute approximate surface area is 118 Å². The van der Waals surface area contributed by atoms with Gasteiger partial charge >= 0.3 is 0 Å². The van der Waals surface area contributed by atoms with Crippen molar-refractivity contribution in [2.24, 2.45) is 5.92 Å². The highest BCUT2D eigenvalue weighted by atomic mass is 35.5. The monoisotopic (exact) mass is 293 g/mol. The maximum atomic E-state index is 6.10. The minimum Gasteiger partial charge on any atom is -0.309 e. The van der Waals surface area contributed by atoms with Gasteiger partial charge in [-0.1, -0.05) is 37.0 Å². The van der Waals surface area contributed by atoms with Crippen molar-refractivity contribution in [2.75, 3.05) is 5.88 Å². The zero-order valence-corrected chi connectivity index (χ0v) is 12.4. The lowest BCUT2D eigenvalue weighted by Gasteiger charge is -2.18. The second-order valence-electron chi connectivity index (χ2n) is 4.60. The van der Waals surface area contributed by atoms with Crippen LogP contribution in [0.4, 0.5) is 0 Å². The van der Waals surface area contributed by atoms with Crippen LogP contribution in [0.5, 0.6) is 0 Å². The van der Waals surface area contributed by atoms with Crippen LogP contribution in [-0.2, 0) is 6.54 Å². The Hall–Kier alpha value is 0.0500. The highest BCUT2D eigenvalue weighted by molar-refractivity contribution is 6.33. The lowest BCUT2D eigenvalue weighted by atomic mass is 10.0. The predicted molar refractivity (Wildman–Crippen MR) is 77.3 cm³/mol. The van der Waals surface area contributed by atoms with Crippen molar-refractivity contribution < 1.29 is 0 Å². The fraction of sp³-hybridized carbons (Fsp3) is 0.538. The van der Waals surface area contributed by atoms with Gasteiger partial charge in [0.25, 0.3) is 0 Å². The molecule has 96 valence electrons. The van der Waals surface area contributed by atoms with E-state index in [4.69, 9.17) is 34.8 Å². The van der Waals surface area contributed by atoms with Gasteiger partial charge in [-0.3, -0.25) is 0 Å². The standard InChI is InChI=1S/C13H18Cl3N/c1-9(2)5-12(7-14)17-8-10-6-11(15)3-4-13(10)16/h3-4,6,9,12,17H,5,7-8H2,1-2H3. The number of alkyl halides is 1. The van der Waals surface area contributed by atoms with Gasteiger partial charge in [0.2, 0.25) is 0 Å². The summed E-state index contributed by atoms with van der Waals surface area (Å²) in [6.45, 7) is 5.07. The third kappa shape index (κ3) is 5.48. The Morgan fingerprint density at radius 1 is 1.24 bits per heavy atom. The molecule has 0 radical (unpaired) electrons. The first-order valence-corrected chi connectivity index (χ1v) is 7.05. The normalized spacial score (nSPS) is 13.1. The first-order chi connectivity index (χ1) is 8.02. The van der Waals surface area contributed by atoms with E-state index in [9.17, 15) is 0 Å². The molecule has 0 saturated heterocycles. The van der Waals surface area contributed by atoms with E-state index >= 15 is 0 Å². The van der Waals surface area contributed by atoms with Gasteiger partial charge in [0.15, 0.2) is 0 Å². The van der Waals surface area contributed by atoms with Gasteiger partial charge in [0.1, 0.15) is 0 Å². The van der Waals surface area contributed by atoms with Crippen LogP contribution in [0.2, 0.25) is 10.0 Å². The third-order valence-electron chi connectivity index (χ3n) is 2.53. The van der Waals surface area contributed by atoms with Crippen molar-refractivity contribution in [3.05, 3.63) is 33.8 Å². The number of hydrogen-bond acceptors (Lipinski definition) is 1. The van der Waals surface area contributed by atoms with Gasteiger partial charge in [-0.05, 0) is 36.1 Å². The SMILES string of the molecule is CC(C)CC(CCl)NCc1cc(Cl)ccc1Cl. The highest BCUT2D eigenvalue weighted by Crippen LogP contribution is 2.20. The smallest absolute Gasteiger partial charge is 0.0451 e. The molecule has 0 aliphatic heterocycles. The second-order valence-corrected chi connectivity index (χ2v) is 5.75. The van der Waals surface area contributed by atoms with Gasteiger partial charge in [0, 0.05) is 28.5 Å². The summed E-state index contributed by atoms with van der Waals surface area (Å²) in [6.07, 6.45) is 1.06. The molecule has 17 heavy (non-hydrogen) atoms. The van der Waals surface area contributed by atoms with Gasteiger partial charge < -0.3 is 5.32 Å². The zero-order valence-electron chi connectivity index (χ0n) is 10.1. The Balaban J connectivity index is 2.56. The van der Waals surface area contributed by atoms with Crippen molar-refractivity contribution in [3.63, 3.8) is 0 Å². The van der Waals surface area contributed by atoms with Crippen molar-refractivity contribution in [1.82, 2.24) is 5.32 Å². The molecule has 0 aliphatic rings. The molecule has 1 aromatic carbocycles. The average molecular weight is 295 g/mol. The Morgan fingerprint density at radius 3 is 2.53 bits per heavy atom. The van der Waals surface area contributed by atoms with E-state index in [1.807, 2.05) is 12.1 Å². The Morgan fingerprint density at radius 2 is 1.94 bits per heavy atom. The fourth-order valence-electron chi connectivity index (χ4n) is 1.70. The number of nitrogens with one attached hydrogen (secondary N) is 1. The number of halogens is 3. The topological polar surface area (TPSA) is 12.0 Å². The molecule has 0 fully saturated rings. The molecule has 4 heteroatoms. The molecule has 0 bridgehead atoms. The number of hydrogen-bond donors (Lipinski definition) is 1. The summed E-state index contributed by atoms with van der Waals surface area (Å²) in [5, 5.41) is 4.85. The van der Waals surface area contributed by atoms with Gasteiger partial charge in [-0.15, -0.1) is 11.6 Å². The van der Waals surface area contributed by atoms with E-state index in [1.54, 1.807) is 6.07 Å². The van der Waals surface area contributed by atoms with Crippen LogP contribution >= 0.6 is 34.8 Å².